The lowest BCUT2D eigenvalue weighted by molar-refractivity contribution is -0.00473. The van der Waals surface area contributed by atoms with Gasteiger partial charge in [-0.3, -0.25) is 21.3 Å². The number of hydrogen-bond donors (Lipinski definition) is 4. The maximum Gasteiger partial charge on any atom is 0.411 e. The lowest BCUT2D eigenvalue weighted by atomic mass is 10.0. The molecule has 4 N–H and O–H groups in total. The van der Waals surface area contributed by atoms with E-state index in [-0.39, 0.29) is 25.4 Å². The predicted octanol–water partition coefficient (Wildman–Crippen LogP) is 9.95. The Morgan fingerprint density at radius 2 is 0.733 bits per heavy atom. The van der Waals surface area contributed by atoms with Crippen LogP contribution in [0, 0.1) is 0 Å². The highest BCUT2D eigenvalue weighted by atomic mass is 16.6. The van der Waals surface area contributed by atoms with Gasteiger partial charge in [0.05, 0.1) is 19.8 Å². The Hall–Kier alpha value is -6.38. The third-order valence-corrected chi connectivity index (χ3v) is 8.59. The molecule has 0 aliphatic rings. The Morgan fingerprint density at radius 3 is 1.00 bits per heavy atom. The first-order valence-electron chi connectivity index (χ1n) is 19.7. The van der Waals surface area contributed by atoms with Crippen LogP contribution < -0.4 is 21.3 Å². The average molecular weight is 825 g/mol. The maximum absolute atomic E-state index is 12.5. The summed E-state index contributed by atoms with van der Waals surface area (Å²) in [7, 11) is 1.55. The average Bonchev–Trinajstić information content (AvgIpc) is 3.17. The lowest BCUT2D eigenvalue weighted by Gasteiger charge is -2.17. The normalized spacial score (nSPS) is 12.8. The second-order valence-corrected chi connectivity index (χ2v) is 14.7. The first-order valence-corrected chi connectivity index (χ1v) is 19.7. The molecule has 60 heavy (non-hydrogen) atoms. The minimum Gasteiger partial charge on any atom is -0.446 e. The molecular formula is C46H56N4O10. The van der Waals surface area contributed by atoms with E-state index in [1.54, 1.807) is 64.3 Å². The number of carbonyl (C=O) groups excluding carboxylic acids is 4. The van der Waals surface area contributed by atoms with Gasteiger partial charge in [-0.2, -0.15) is 0 Å². The molecule has 0 fully saturated rings. The van der Waals surface area contributed by atoms with Crippen LogP contribution in [0.25, 0.3) is 0 Å². The molecule has 0 bridgehead atoms. The zero-order valence-electron chi connectivity index (χ0n) is 35.1. The molecule has 4 rings (SSSR count). The van der Waals surface area contributed by atoms with Crippen molar-refractivity contribution in [3.63, 3.8) is 0 Å². The molecule has 0 radical (unpaired) electrons. The monoisotopic (exact) mass is 824 g/mol. The summed E-state index contributed by atoms with van der Waals surface area (Å²) in [6.45, 7) is 13.2. The quantitative estimate of drug-likeness (QED) is 0.0497. The summed E-state index contributed by atoms with van der Waals surface area (Å²) in [6, 6.07) is 29.8. The largest absolute Gasteiger partial charge is 0.446 e. The van der Waals surface area contributed by atoms with Crippen LogP contribution in [0.15, 0.2) is 109 Å². The molecule has 0 aliphatic heterocycles. The molecular weight excluding hydrogens is 769 g/mol. The number of methoxy groups -OCH3 is 1. The fourth-order valence-electron chi connectivity index (χ4n) is 5.88. The molecule has 4 aromatic rings. The van der Waals surface area contributed by atoms with Crippen molar-refractivity contribution in [3.05, 3.63) is 131 Å². The van der Waals surface area contributed by atoms with Crippen molar-refractivity contribution in [2.75, 3.05) is 48.2 Å². The number of anilines is 4. The van der Waals surface area contributed by atoms with Gasteiger partial charge >= 0.3 is 24.4 Å². The van der Waals surface area contributed by atoms with Gasteiger partial charge in [0.25, 0.3) is 0 Å². The summed E-state index contributed by atoms with van der Waals surface area (Å²) >= 11 is 0. The SMILES string of the molecule is C=C(C)CC(C)OC(=O)Nc1ccc(Cc2ccc(NC(=O)OC(C)COCC(C)OC(=O)Nc3ccc(Cc4ccc(NC(=O)OC(C)COC)cc4)cc3)cc2)cc1. The Kier molecular flexibility index (Phi) is 18.4. The van der Waals surface area contributed by atoms with E-state index in [4.69, 9.17) is 28.4 Å². The number of carbonyl (C=O) groups is 4. The van der Waals surface area contributed by atoms with E-state index in [1.807, 2.05) is 74.5 Å². The molecule has 4 aromatic carbocycles. The van der Waals surface area contributed by atoms with Crippen LogP contribution in [0.1, 0.15) is 63.3 Å². The lowest BCUT2D eigenvalue weighted by Crippen LogP contribution is -2.28. The summed E-state index contributed by atoms with van der Waals surface area (Å²) in [5.41, 5.74) is 7.51. The Bertz CT molecular complexity index is 1990. The van der Waals surface area contributed by atoms with Crippen LogP contribution in [0.4, 0.5) is 41.9 Å². The summed E-state index contributed by atoms with van der Waals surface area (Å²) < 4.78 is 32.0. The highest BCUT2D eigenvalue weighted by molar-refractivity contribution is 5.86. The number of amides is 4. The van der Waals surface area contributed by atoms with Crippen LogP contribution in [-0.4, -0.2) is 75.7 Å². The van der Waals surface area contributed by atoms with E-state index in [1.165, 1.54) is 0 Å². The summed E-state index contributed by atoms with van der Waals surface area (Å²) in [6.07, 6.45) is -2.11. The van der Waals surface area contributed by atoms with Crippen molar-refractivity contribution in [2.24, 2.45) is 0 Å². The standard InChI is InChI=1S/C46H56N4O10/c1-30(2)24-31(3)57-43(51)47-39-16-8-35(9-17-39)25-37-12-20-41(21-13-37)49-45(53)59-33(5)28-56-29-34(6)60-46(54)50-42-22-14-38(15-23-42)26-36-10-18-40(19-11-36)48-44(52)58-32(4)27-55-7/h8-23,31-34H,1,24-29H2,2-7H3,(H,47,51)(H,48,52)(H,49,53)(H,50,54). The van der Waals surface area contributed by atoms with Crippen LogP contribution in [0.2, 0.25) is 0 Å². The van der Waals surface area contributed by atoms with Crippen LogP contribution in [0.5, 0.6) is 0 Å². The third kappa shape index (κ3) is 17.6. The van der Waals surface area contributed by atoms with Crippen LogP contribution in [-0.2, 0) is 41.3 Å². The van der Waals surface area contributed by atoms with Crippen LogP contribution in [0.3, 0.4) is 0 Å². The zero-order chi connectivity index (χ0) is 43.4. The molecule has 14 nitrogen and oxygen atoms in total. The van der Waals surface area contributed by atoms with Gasteiger partial charge < -0.3 is 28.4 Å². The van der Waals surface area contributed by atoms with Crippen molar-refractivity contribution in [2.45, 2.75) is 78.3 Å². The second kappa shape index (κ2) is 23.9. The summed E-state index contributed by atoms with van der Waals surface area (Å²) in [5.74, 6) is 0. The smallest absolute Gasteiger partial charge is 0.411 e. The van der Waals surface area contributed by atoms with E-state index in [9.17, 15) is 19.2 Å². The van der Waals surface area contributed by atoms with Gasteiger partial charge in [0.15, 0.2) is 0 Å². The van der Waals surface area contributed by atoms with Gasteiger partial charge in [-0.15, -0.1) is 6.58 Å². The zero-order valence-corrected chi connectivity index (χ0v) is 35.1. The Balaban J connectivity index is 1.08. The Labute approximate surface area is 351 Å². The molecule has 4 amide bonds. The third-order valence-electron chi connectivity index (χ3n) is 8.59. The molecule has 4 atom stereocenters. The number of hydrogen-bond acceptors (Lipinski definition) is 10. The molecule has 0 spiro atoms. The summed E-state index contributed by atoms with van der Waals surface area (Å²) in [5, 5.41) is 10.9. The van der Waals surface area contributed by atoms with Crippen LogP contribution >= 0.6 is 0 Å². The summed E-state index contributed by atoms with van der Waals surface area (Å²) in [4.78, 5) is 49.1. The van der Waals surface area contributed by atoms with E-state index in [0.717, 1.165) is 27.8 Å². The Morgan fingerprint density at radius 1 is 0.467 bits per heavy atom. The second-order valence-electron chi connectivity index (χ2n) is 14.7. The van der Waals surface area contributed by atoms with E-state index in [0.29, 0.717) is 48.6 Å². The van der Waals surface area contributed by atoms with E-state index >= 15 is 0 Å². The first kappa shape index (κ1) is 46.3. The first-order chi connectivity index (χ1) is 28.7. The molecule has 0 aromatic heterocycles. The molecule has 0 saturated carbocycles. The highest BCUT2D eigenvalue weighted by Crippen LogP contribution is 2.19. The highest BCUT2D eigenvalue weighted by Gasteiger charge is 2.15. The van der Waals surface area contributed by atoms with Crippen molar-refractivity contribution < 1.29 is 47.6 Å². The minimum absolute atomic E-state index is 0.104. The fraction of sp³-hybridized carbons (Fsp3) is 0.348. The van der Waals surface area contributed by atoms with E-state index < -0.39 is 36.6 Å². The van der Waals surface area contributed by atoms with Gasteiger partial charge in [0.1, 0.15) is 24.4 Å². The molecule has 0 saturated heterocycles. The fourth-order valence-corrected chi connectivity index (χ4v) is 5.88. The molecule has 0 aliphatic carbocycles. The minimum atomic E-state index is -0.624. The van der Waals surface area contributed by atoms with Gasteiger partial charge in [-0.05, 0) is 118 Å². The topological polar surface area (TPSA) is 172 Å². The van der Waals surface area contributed by atoms with Crippen molar-refractivity contribution in [1.29, 1.82) is 0 Å². The molecule has 4 unspecified atom stereocenters. The van der Waals surface area contributed by atoms with Gasteiger partial charge in [-0.1, -0.05) is 54.1 Å². The van der Waals surface area contributed by atoms with Gasteiger partial charge in [0, 0.05) is 36.3 Å². The molecule has 14 heteroatoms. The maximum atomic E-state index is 12.5. The van der Waals surface area contributed by atoms with Crippen molar-refractivity contribution >= 4 is 47.1 Å². The van der Waals surface area contributed by atoms with Crippen molar-refractivity contribution in [3.8, 4) is 0 Å². The van der Waals surface area contributed by atoms with E-state index in [2.05, 4.69) is 27.8 Å². The number of rotatable bonds is 20. The van der Waals surface area contributed by atoms with Crippen molar-refractivity contribution in [1.82, 2.24) is 0 Å². The molecule has 320 valence electrons. The van der Waals surface area contributed by atoms with Gasteiger partial charge in [-0.25, -0.2) is 19.2 Å². The number of nitrogens with one attached hydrogen (secondary N) is 4. The number of benzene rings is 4. The van der Waals surface area contributed by atoms with Gasteiger partial charge in [0.2, 0.25) is 0 Å². The number of ether oxygens (including phenoxy) is 6. The molecule has 0 heterocycles. The predicted molar refractivity (Wildman–Crippen MR) is 232 cm³/mol.